The maximum absolute atomic E-state index is 12.2. The second kappa shape index (κ2) is 7.96. The number of carbonyl (C=O) groups excluding carboxylic acids is 2. The van der Waals surface area contributed by atoms with Crippen molar-refractivity contribution in [1.29, 1.82) is 0 Å². The quantitative estimate of drug-likeness (QED) is 0.785. The standard InChI is InChI=1S/C15H26N6O2/c1-12(2)18-14(22)11-20-6-8-21(9-7-20)15(23)16-10-13-4-5-17-19(13)3/h4-5,12H,6-11H2,1-3H3,(H,16,23)(H,18,22). The number of aromatic nitrogens is 2. The molecule has 8 nitrogen and oxygen atoms in total. The molecule has 1 aliphatic heterocycles. The number of urea groups is 1. The van der Waals surface area contributed by atoms with E-state index in [0.29, 0.717) is 39.3 Å². The molecule has 0 aromatic carbocycles. The fraction of sp³-hybridized carbons (Fsp3) is 0.667. The predicted molar refractivity (Wildman–Crippen MR) is 86.7 cm³/mol. The van der Waals surface area contributed by atoms with Crippen molar-refractivity contribution in [2.45, 2.75) is 26.4 Å². The van der Waals surface area contributed by atoms with Crippen LogP contribution in [-0.2, 0) is 18.4 Å². The van der Waals surface area contributed by atoms with Crippen LogP contribution >= 0.6 is 0 Å². The molecule has 0 bridgehead atoms. The van der Waals surface area contributed by atoms with Gasteiger partial charge in [-0.3, -0.25) is 14.4 Å². The number of nitrogens with zero attached hydrogens (tertiary/aromatic N) is 4. The van der Waals surface area contributed by atoms with Gasteiger partial charge in [-0.15, -0.1) is 0 Å². The van der Waals surface area contributed by atoms with Gasteiger partial charge < -0.3 is 15.5 Å². The summed E-state index contributed by atoms with van der Waals surface area (Å²) in [6.45, 7) is 7.44. The minimum atomic E-state index is -0.0718. The van der Waals surface area contributed by atoms with E-state index in [4.69, 9.17) is 0 Å². The summed E-state index contributed by atoms with van der Waals surface area (Å²) >= 11 is 0. The van der Waals surface area contributed by atoms with Gasteiger partial charge in [0.15, 0.2) is 0 Å². The molecule has 1 aromatic rings. The van der Waals surface area contributed by atoms with Crippen molar-refractivity contribution in [3.8, 4) is 0 Å². The molecule has 1 aromatic heterocycles. The van der Waals surface area contributed by atoms with Crippen LogP contribution in [0.25, 0.3) is 0 Å². The van der Waals surface area contributed by atoms with Crippen LogP contribution in [0.5, 0.6) is 0 Å². The molecule has 0 atom stereocenters. The van der Waals surface area contributed by atoms with Gasteiger partial charge in [-0.25, -0.2) is 4.79 Å². The summed E-state index contributed by atoms with van der Waals surface area (Å²) in [5.74, 6) is 0.0362. The SMILES string of the molecule is CC(C)NC(=O)CN1CCN(C(=O)NCc2ccnn2C)CC1. The zero-order valence-electron chi connectivity index (χ0n) is 14.1. The van der Waals surface area contributed by atoms with Crippen molar-refractivity contribution in [3.05, 3.63) is 18.0 Å². The molecule has 8 heteroatoms. The van der Waals surface area contributed by atoms with E-state index in [-0.39, 0.29) is 18.0 Å². The summed E-state index contributed by atoms with van der Waals surface area (Å²) in [4.78, 5) is 27.8. The molecule has 1 fully saturated rings. The van der Waals surface area contributed by atoms with E-state index in [2.05, 4.69) is 20.6 Å². The smallest absolute Gasteiger partial charge is 0.317 e. The topological polar surface area (TPSA) is 82.5 Å². The molecule has 23 heavy (non-hydrogen) atoms. The third-order valence-electron chi connectivity index (χ3n) is 3.82. The van der Waals surface area contributed by atoms with Crippen molar-refractivity contribution in [1.82, 2.24) is 30.2 Å². The van der Waals surface area contributed by atoms with Gasteiger partial charge in [-0.05, 0) is 19.9 Å². The molecule has 0 radical (unpaired) electrons. The predicted octanol–water partition coefficient (Wildman–Crippen LogP) is -0.228. The fourth-order valence-corrected chi connectivity index (χ4v) is 2.53. The van der Waals surface area contributed by atoms with Gasteiger partial charge in [0.1, 0.15) is 0 Å². The molecule has 2 rings (SSSR count). The minimum absolute atomic E-state index is 0.0362. The summed E-state index contributed by atoms with van der Waals surface area (Å²) in [7, 11) is 1.85. The monoisotopic (exact) mass is 322 g/mol. The lowest BCUT2D eigenvalue weighted by Crippen LogP contribution is -2.53. The van der Waals surface area contributed by atoms with E-state index in [1.165, 1.54) is 0 Å². The third-order valence-corrected chi connectivity index (χ3v) is 3.82. The van der Waals surface area contributed by atoms with Crippen molar-refractivity contribution < 1.29 is 9.59 Å². The van der Waals surface area contributed by atoms with Crippen LogP contribution in [0.4, 0.5) is 4.79 Å². The molecule has 3 amide bonds. The molecular formula is C15H26N6O2. The van der Waals surface area contributed by atoms with E-state index in [1.807, 2.05) is 27.0 Å². The molecule has 1 saturated heterocycles. The number of hydrogen-bond acceptors (Lipinski definition) is 4. The molecule has 0 unspecified atom stereocenters. The van der Waals surface area contributed by atoms with Gasteiger partial charge in [-0.2, -0.15) is 5.10 Å². The van der Waals surface area contributed by atoms with Gasteiger partial charge >= 0.3 is 6.03 Å². The van der Waals surface area contributed by atoms with E-state index in [9.17, 15) is 9.59 Å². The van der Waals surface area contributed by atoms with Gasteiger partial charge in [0.2, 0.25) is 5.91 Å². The molecule has 1 aliphatic rings. The number of amides is 3. The fourth-order valence-electron chi connectivity index (χ4n) is 2.53. The maximum atomic E-state index is 12.2. The van der Waals surface area contributed by atoms with E-state index in [0.717, 1.165) is 5.69 Å². The van der Waals surface area contributed by atoms with Crippen LogP contribution in [0.15, 0.2) is 12.3 Å². The van der Waals surface area contributed by atoms with Crippen LogP contribution in [0, 0.1) is 0 Å². The highest BCUT2D eigenvalue weighted by atomic mass is 16.2. The largest absolute Gasteiger partial charge is 0.353 e. The number of carbonyl (C=O) groups is 2. The molecule has 128 valence electrons. The van der Waals surface area contributed by atoms with Gasteiger partial charge in [0.05, 0.1) is 18.8 Å². The lowest BCUT2D eigenvalue weighted by atomic mass is 10.3. The summed E-state index contributed by atoms with van der Waals surface area (Å²) in [6, 6.07) is 1.96. The normalized spacial score (nSPS) is 15.7. The van der Waals surface area contributed by atoms with Gasteiger partial charge in [0, 0.05) is 45.5 Å². The first kappa shape index (κ1) is 17.3. The highest BCUT2D eigenvalue weighted by Gasteiger charge is 2.22. The molecule has 2 heterocycles. The van der Waals surface area contributed by atoms with Crippen molar-refractivity contribution in [2.75, 3.05) is 32.7 Å². The summed E-state index contributed by atoms with van der Waals surface area (Å²) < 4.78 is 1.74. The van der Waals surface area contributed by atoms with Gasteiger partial charge in [0.25, 0.3) is 0 Å². The second-order valence-electron chi connectivity index (χ2n) is 6.09. The highest BCUT2D eigenvalue weighted by Crippen LogP contribution is 2.03. The lowest BCUT2D eigenvalue weighted by molar-refractivity contribution is -0.123. The zero-order chi connectivity index (χ0) is 16.8. The zero-order valence-corrected chi connectivity index (χ0v) is 14.1. The summed E-state index contributed by atoms with van der Waals surface area (Å²) in [6.07, 6.45) is 1.71. The molecule has 2 N–H and O–H groups in total. The van der Waals surface area contributed by atoms with E-state index >= 15 is 0 Å². The van der Waals surface area contributed by atoms with Gasteiger partial charge in [-0.1, -0.05) is 0 Å². The van der Waals surface area contributed by atoms with Crippen LogP contribution < -0.4 is 10.6 Å². The number of piperazine rings is 1. The first-order valence-corrected chi connectivity index (χ1v) is 7.97. The summed E-state index contributed by atoms with van der Waals surface area (Å²) in [5.41, 5.74) is 0.961. The Kier molecular flexibility index (Phi) is 5.97. The van der Waals surface area contributed by atoms with Crippen LogP contribution in [-0.4, -0.2) is 70.3 Å². The number of nitrogens with one attached hydrogen (secondary N) is 2. The Morgan fingerprint density at radius 3 is 2.52 bits per heavy atom. The van der Waals surface area contributed by atoms with Crippen LogP contribution in [0.3, 0.4) is 0 Å². The first-order chi connectivity index (χ1) is 11.0. The average Bonchev–Trinajstić information content (AvgIpc) is 2.90. The molecule has 0 saturated carbocycles. The number of hydrogen-bond donors (Lipinski definition) is 2. The van der Waals surface area contributed by atoms with Crippen molar-refractivity contribution in [3.63, 3.8) is 0 Å². The maximum Gasteiger partial charge on any atom is 0.317 e. The molecular weight excluding hydrogens is 296 g/mol. The Bertz CT molecular complexity index is 534. The highest BCUT2D eigenvalue weighted by molar-refractivity contribution is 5.78. The number of aryl methyl sites for hydroxylation is 1. The Labute approximate surface area is 136 Å². The van der Waals surface area contributed by atoms with Crippen molar-refractivity contribution in [2.24, 2.45) is 7.05 Å². The molecule has 0 spiro atoms. The Balaban J connectivity index is 1.70. The van der Waals surface area contributed by atoms with Crippen LogP contribution in [0.2, 0.25) is 0 Å². The minimum Gasteiger partial charge on any atom is -0.353 e. The molecule has 0 aliphatic carbocycles. The number of rotatable bonds is 5. The lowest BCUT2D eigenvalue weighted by Gasteiger charge is -2.34. The first-order valence-electron chi connectivity index (χ1n) is 7.97. The van der Waals surface area contributed by atoms with E-state index < -0.39 is 0 Å². The Morgan fingerprint density at radius 1 is 1.26 bits per heavy atom. The average molecular weight is 322 g/mol. The third kappa shape index (κ3) is 5.24. The Hall–Kier alpha value is -2.09. The van der Waals surface area contributed by atoms with Crippen molar-refractivity contribution >= 4 is 11.9 Å². The Morgan fingerprint density at radius 2 is 1.96 bits per heavy atom. The summed E-state index contributed by atoms with van der Waals surface area (Å²) in [5, 5.41) is 9.86. The van der Waals surface area contributed by atoms with E-state index in [1.54, 1.807) is 15.8 Å². The second-order valence-corrected chi connectivity index (χ2v) is 6.09. The van der Waals surface area contributed by atoms with Crippen LogP contribution in [0.1, 0.15) is 19.5 Å².